The molecular weight excluding hydrogens is 340 g/mol. The molecule has 0 spiro atoms. The number of hydrogen-bond donors (Lipinski definition) is 2. The Bertz CT molecular complexity index is 712. The number of fused-ring (bicyclic) bond motifs is 1. The molecule has 1 saturated carbocycles. The predicted molar refractivity (Wildman–Crippen MR) is 101 cm³/mol. The Hall–Kier alpha value is -1.66. The van der Waals surface area contributed by atoms with E-state index in [9.17, 15) is 4.79 Å². The molecule has 6 nitrogen and oxygen atoms in total. The first-order valence-electron chi connectivity index (χ1n) is 9.02. The van der Waals surface area contributed by atoms with Gasteiger partial charge in [-0.3, -0.25) is 4.79 Å². The summed E-state index contributed by atoms with van der Waals surface area (Å²) in [6.07, 6.45) is 5.10. The average molecular weight is 367 g/mol. The molecule has 0 radical (unpaired) electrons. The van der Waals surface area contributed by atoms with Crippen LogP contribution in [-0.4, -0.2) is 35.7 Å². The van der Waals surface area contributed by atoms with Gasteiger partial charge in [-0.2, -0.15) is 0 Å². The lowest BCUT2D eigenvalue weighted by molar-refractivity contribution is 0.0955. The molecule has 0 aliphatic heterocycles. The van der Waals surface area contributed by atoms with Crippen molar-refractivity contribution >= 4 is 29.4 Å². The van der Waals surface area contributed by atoms with Gasteiger partial charge in [-0.15, -0.1) is 12.4 Å². The summed E-state index contributed by atoms with van der Waals surface area (Å²) in [6, 6.07) is 1.94. The number of carbonyl (C=O) groups excluding carboxylic acids is 1. The minimum absolute atomic E-state index is 0. The quantitative estimate of drug-likeness (QED) is 0.666. The van der Waals surface area contributed by atoms with E-state index in [1.165, 1.54) is 0 Å². The van der Waals surface area contributed by atoms with Crippen LogP contribution in [0.4, 0.5) is 0 Å². The highest BCUT2D eigenvalue weighted by Gasteiger charge is 2.28. The second-order valence-corrected chi connectivity index (χ2v) is 6.43. The third-order valence-electron chi connectivity index (χ3n) is 4.28. The van der Waals surface area contributed by atoms with Crippen LogP contribution in [0.15, 0.2) is 10.6 Å². The highest BCUT2D eigenvalue weighted by molar-refractivity contribution is 6.06. The molecule has 2 heterocycles. The number of nitrogens with zero attached hydrogens (tertiary/aromatic N) is 2. The number of amides is 1. The molecule has 1 fully saturated rings. The van der Waals surface area contributed by atoms with E-state index < -0.39 is 0 Å². The van der Waals surface area contributed by atoms with Gasteiger partial charge in [0.2, 0.25) is 0 Å². The van der Waals surface area contributed by atoms with Gasteiger partial charge in [0.1, 0.15) is 0 Å². The number of halogens is 1. The zero-order valence-electron chi connectivity index (χ0n) is 14.9. The third-order valence-corrected chi connectivity index (χ3v) is 4.28. The fourth-order valence-electron chi connectivity index (χ4n) is 2.87. The molecule has 7 heteroatoms. The second kappa shape index (κ2) is 9.15. The summed E-state index contributed by atoms with van der Waals surface area (Å²) in [5.74, 6) is 0.398. The van der Waals surface area contributed by atoms with E-state index in [0.717, 1.165) is 62.0 Å². The van der Waals surface area contributed by atoms with Crippen LogP contribution in [0.2, 0.25) is 0 Å². The van der Waals surface area contributed by atoms with Crippen molar-refractivity contribution in [3.05, 3.63) is 23.0 Å². The first-order chi connectivity index (χ1) is 11.7. The fraction of sp³-hybridized carbons (Fsp3) is 0.611. The summed E-state index contributed by atoms with van der Waals surface area (Å²) in [5.41, 5.74) is 2.94. The van der Waals surface area contributed by atoms with Crippen LogP contribution in [0.1, 0.15) is 67.2 Å². The topological polar surface area (TPSA) is 80.0 Å². The van der Waals surface area contributed by atoms with Gasteiger partial charge in [0.15, 0.2) is 0 Å². The highest BCUT2D eigenvalue weighted by Crippen LogP contribution is 2.40. The van der Waals surface area contributed by atoms with Crippen LogP contribution in [0.25, 0.3) is 11.1 Å². The molecule has 0 unspecified atom stereocenters. The van der Waals surface area contributed by atoms with Crippen LogP contribution >= 0.6 is 12.4 Å². The predicted octanol–water partition coefficient (Wildman–Crippen LogP) is 3.20. The first kappa shape index (κ1) is 19.7. The Kier molecular flexibility index (Phi) is 7.20. The van der Waals surface area contributed by atoms with Crippen LogP contribution in [0.3, 0.4) is 0 Å². The van der Waals surface area contributed by atoms with E-state index in [4.69, 9.17) is 4.52 Å². The van der Waals surface area contributed by atoms with E-state index in [0.29, 0.717) is 23.7 Å². The molecule has 1 amide bonds. The maximum atomic E-state index is 12.7. The number of carbonyl (C=O) groups is 1. The van der Waals surface area contributed by atoms with Crippen LogP contribution in [0, 0.1) is 0 Å². The van der Waals surface area contributed by atoms with Crippen LogP contribution in [-0.2, 0) is 6.42 Å². The zero-order chi connectivity index (χ0) is 16.9. The molecule has 0 aromatic carbocycles. The summed E-state index contributed by atoms with van der Waals surface area (Å²) in [4.78, 5) is 17.3. The number of rotatable bonds is 9. The highest BCUT2D eigenvalue weighted by atomic mass is 35.5. The molecule has 25 heavy (non-hydrogen) atoms. The molecule has 1 aliphatic rings. The fourth-order valence-corrected chi connectivity index (χ4v) is 2.87. The zero-order valence-corrected chi connectivity index (χ0v) is 15.7. The SMILES string of the molecule is CCCNCCNC(=O)c1cc(C2CC2)nc2onc(CCC)c12.Cl. The second-order valence-electron chi connectivity index (χ2n) is 6.43. The summed E-state index contributed by atoms with van der Waals surface area (Å²) in [6.45, 7) is 6.56. The van der Waals surface area contributed by atoms with E-state index in [1.54, 1.807) is 0 Å². The van der Waals surface area contributed by atoms with Gasteiger partial charge in [0.25, 0.3) is 11.6 Å². The van der Waals surface area contributed by atoms with Gasteiger partial charge in [-0.1, -0.05) is 25.4 Å². The van der Waals surface area contributed by atoms with E-state index in [-0.39, 0.29) is 18.3 Å². The first-order valence-corrected chi connectivity index (χ1v) is 9.02. The van der Waals surface area contributed by atoms with Gasteiger partial charge < -0.3 is 15.2 Å². The average Bonchev–Trinajstić information content (AvgIpc) is 3.36. The summed E-state index contributed by atoms with van der Waals surface area (Å²) < 4.78 is 5.42. The van der Waals surface area contributed by atoms with E-state index >= 15 is 0 Å². The standard InChI is InChI=1S/C18H26N4O2.ClH/c1-3-5-14-16-13(17(23)20-10-9-19-8-4-2)11-15(12-6-7-12)21-18(16)24-22-14;/h11-12,19H,3-10H2,1-2H3,(H,20,23);1H. The number of aromatic nitrogens is 2. The summed E-state index contributed by atoms with van der Waals surface area (Å²) >= 11 is 0. The summed E-state index contributed by atoms with van der Waals surface area (Å²) in [7, 11) is 0. The Morgan fingerprint density at radius 3 is 2.72 bits per heavy atom. The summed E-state index contributed by atoms with van der Waals surface area (Å²) in [5, 5.41) is 11.2. The van der Waals surface area contributed by atoms with E-state index in [2.05, 4.69) is 34.6 Å². The van der Waals surface area contributed by atoms with Crippen molar-refractivity contribution in [1.29, 1.82) is 0 Å². The molecule has 2 aromatic heterocycles. The molecule has 2 N–H and O–H groups in total. The Morgan fingerprint density at radius 1 is 1.24 bits per heavy atom. The molecule has 0 saturated heterocycles. The minimum Gasteiger partial charge on any atom is -0.351 e. The monoisotopic (exact) mass is 366 g/mol. The molecule has 3 rings (SSSR count). The van der Waals surface area contributed by atoms with Crippen molar-refractivity contribution in [2.24, 2.45) is 0 Å². The lowest BCUT2D eigenvalue weighted by Crippen LogP contribution is -2.32. The molecular formula is C18H27ClN4O2. The number of hydrogen-bond acceptors (Lipinski definition) is 5. The smallest absolute Gasteiger partial charge is 0.259 e. The van der Waals surface area contributed by atoms with Gasteiger partial charge in [0, 0.05) is 24.7 Å². The lowest BCUT2D eigenvalue weighted by Gasteiger charge is -2.09. The molecule has 0 atom stereocenters. The van der Waals surface area contributed by atoms with Crippen molar-refractivity contribution < 1.29 is 9.32 Å². The maximum absolute atomic E-state index is 12.7. The van der Waals surface area contributed by atoms with E-state index in [1.807, 2.05) is 6.07 Å². The maximum Gasteiger partial charge on any atom is 0.259 e. The molecule has 2 aromatic rings. The molecule has 0 bridgehead atoms. The number of pyridine rings is 1. The number of aryl methyl sites for hydroxylation is 1. The number of nitrogens with one attached hydrogen (secondary N) is 2. The lowest BCUT2D eigenvalue weighted by atomic mass is 10.1. The Balaban J connectivity index is 0.00000225. The van der Waals surface area contributed by atoms with Gasteiger partial charge in [-0.25, -0.2) is 4.98 Å². The van der Waals surface area contributed by atoms with Gasteiger partial charge >= 0.3 is 0 Å². The van der Waals surface area contributed by atoms with Crippen molar-refractivity contribution in [3.8, 4) is 0 Å². The van der Waals surface area contributed by atoms with Crippen molar-refractivity contribution in [1.82, 2.24) is 20.8 Å². The molecule has 1 aliphatic carbocycles. The van der Waals surface area contributed by atoms with Crippen molar-refractivity contribution in [3.63, 3.8) is 0 Å². The normalized spacial score (nSPS) is 13.7. The largest absolute Gasteiger partial charge is 0.351 e. The third kappa shape index (κ3) is 4.70. The van der Waals surface area contributed by atoms with Crippen LogP contribution in [0.5, 0.6) is 0 Å². The van der Waals surface area contributed by atoms with Gasteiger partial charge in [0.05, 0.1) is 16.6 Å². The van der Waals surface area contributed by atoms with Crippen molar-refractivity contribution in [2.45, 2.75) is 51.9 Å². The minimum atomic E-state index is -0.0665. The molecule has 138 valence electrons. The Morgan fingerprint density at radius 2 is 2.04 bits per heavy atom. The Labute approximate surface area is 154 Å². The van der Waals surface area contributed by atoms with Crippen LogP contribution < -0.4 is 10.6 Å². The van der Waals surface area contributed by atoms with Crippen molar-refractivity contribution in [2.75, 3.05) is 19.6 Å². The van der Waals surface area contributed by atoms with Gasteiger partial charge in [-0.05, 0) is 38.3 Å².